The Kier molecular flexibility index (Phi) is 3.71. The second-order valence-electron chi connectivity index (χ2n) is 5.36. The van der Waals surface area contributed by atoms with Crippen molar-refractivity contribution in [3.63, 3.8) is 0 Å². The summed E-state index contributed by atoms with van der Waals surface area (Å²) in [6, 6.07) is 5.90. The lowest BCUT2D eigenvalue weighted by molar-refractivity contribution is -0.117. The molecule has 1 fully saturated rings. The predicted octanol–water partition coefficient (Wildman–Crippen LogP) is 2.21. The third-order valence-electron chi connectivity index (χ3n) is 3.76. The summed E-state index contributed by atoms with van der Waals surface area (Å²) < 4.78 is 1.80. The van der Waals surface area contributed by atoms with Crippen LogP contribution in [0.3, 0.4) is 0 Å². The van der Waals surface area contributed by atoms with E-state index in [1.54, 1.807) is 11.6 Å². The number of rotatable bonds is 3. The van der Waals surface area contributed by atoms with Gasteiger partial charge >= 0.3 is 0 Å². The van der Waals surface area contributed by atoms with Crippen molar-refractivity contribution in [2.24, 2.45) is 13.0 Å². The van der Waals surface area contributed by atoms with Gasteiger partial charge in [-0.3, -0.25) is 14.3 Å². The van der Waals surface area contributed by atoms with E-state index in [-0.39, 0.29) is 16.9 Å². The van der Waals surface area contributed by atoms with Crippen LogP contribution in [0.5, 0.6) is 0 Å². The maximum atomic E-state index is 12.3. The van der Waals surface area contributed by atoms with E-state index in [1.165, 1.54) is 11.8 Å². The first-order valence-corrected chi connectivity index (χ1v) is 7.89. The Morgan fingerprint density at radius 2 is 2.29 bits per heavy atom. The van der Waals surface area contributed by atoms with Gasteiger partial charge in [0.05, 0.1) is 17.4 Å². The van der Waals surface area contributed by atoms with Crippen LogP contribution in [0.1, 0.15) is 13.3 Å². The molecule has 6 heteroatoms. The van der Waals surface area contributed by atoms with Gasteiger partial charge in [0.15, 0.2) is 5.12 Å². The van der Waals surface area contributed by atoms with Gasteiger partial charge in [-0.1, -0.05) is 23.9 Å². The number of para-hydroxylation sites is 1. The smallest absolute Gasteiger partial charge is 0.227 e. The normalized spacial score (nSPS) is 18.7. The lowest BCUT2D eigenvalue weighted by Gasteiger charge is -2.18. The molecular formula is C15H17N3O2S. The Bertz CT molecular complexity index is 710. The minimum Gasteiger partial charge on any atom is -0.310 e. The summed E-state index contributed by atoms with van der Waals surface area (Å²) in [6.45, 7) is 2.24. The van der Waals surface area contributed by atoms with Crippen molar-refractivity contribution < 1.29 is 9.59 Å². The lowest BCUT2D eigenvalue weighted by atomic mass is 10.1. The van der Waals surface area contributed by atoms with Gasteiger partial charge in [0.2, 0.25) is 5.91 Å². The van der Waals surface area contributed by atoms with Crippen molar-refractivity contribution in [3.8, 4) is 0 Å². The van der Waals surface area contributed by atoms with E-state index in [4.69, 9.17) is 0 Å². The van der Waals surface area contributed by atoms with Crippen LogP contribution >= 0.6 is 11.8 Å². The zero-order chi connectivity index (χ0) is 15.0. The first-order valence-electron chi connectivity index (χ1n) is 6.90. The molecule has 110 valence electrons. The summed E-state index contributed by atoms with van der Waals surface area (Å²) in [5, 5.41) is 5.40. The molecule has 0 saturated carbocycles. The Morgan fingerprint density at radius 1 is 1.48 bits per heavy atom. The number of hydrogen-bond acceptors (Lipinski definition) is 4. The Balaban J connectivity index is 1.87. The number of fused-ring (bicyclic) bond motifs is 1. The van der Waals surface area contributed by atoms with Crippen molar-refractivity contribution in [1.29, 1.82) is 0 Å². The van der Waals surface area contributed by atoms with Gasteiger partial charge in [0, 0.05) is 38.1 Å². The minimum absolute atomic E-state index is 0.106. The van der Waals surface area contributed by atoms with Crippen LogP contribution in [0.2, 0.25) is 0 Å². The summed E-state index contributed by atoms with van der Waals surface area (Å²) in [5.41, 5.74) is 1.89. The highest BCUT2D eigenvalue weighted by Gasteiger charge is 2.32. The van der Waals surface area contributed by atoms with Crippen LogP contribution in [-0.4, -0.2) is 33.1 Å². The summed E-state index contributed by atoms with van der Waals surface area (Å²) >= 11 is 1.30. The van der Waals surface area contributed by atoms with Crippen LogP contribution in [0.25, 0.3) is 10.9 Å². The van der Waals surface area contributed by atoms with E-state index in [1.807, 2.05) is 36.3 Å². The highest BCUT2D eigenvalue weighted by atomic mass is 32.2. The van der Waals surface area contributed by atoms with E-state index in [0.29, 0.717) is 18.7 Å². The number of anilines is 1. The molecule has 5 nitrogen and oxygen atoms in total. The van der Waals surface area contributed by atoms with Crippen LogP contribution in [0, 0.1) is 5.92 Å². The fraction of sp³-hybridized carbons (Fsp3) is 0.400. The van der Waals surface area contributed by atoms with Crippen molar-refractivity contribution >= 4 is 39.4 Å². The molecule has 1 atom stereocenters. The van der Waals surface area contributed by atoms with Crippen molar-refractivity contribution in [2.75, 3.05) is 17.2 Å². The molecule has 2 aromatic rings. The third-order valence-corrected chi connectivity index (χ3v) is 4.80. The fourth-order valence-electron chi connectivity index (χ4n) is 2.79. The molecule has 1 aromatic heterocycles. The standard InChI is InChI=1S/C15H17N3O2S/c1-10(19)21-9-11-6-14(20)18(8-11)13-5-3-4-12-7-16-17(2)15(12)13/h3-5,7,11H,6,8-9H2,1-2H3. The first kappa shape index (κ1) is 14.1. The molecule has 1 saturated heterocycles. The summed E-state index contributed by atoms with van der Waals surface area (Å²) in [7, 11) is 1.88. The summed E-state index contributed by atoms with van der Waals surface area (Å²) in [4.78, 5) is 25.2. The number of nitrogens with zero attached hydrogens (tertiary/aromatic N) is 3. The zero-order valence-electron chi connectivity index (χ0n) is 12.1. The second-order valence-corrected chi connectivity index (χ2v) is 6.56. The number of aromatic nitrogens is 2. The second kappa shape index (κ2) is 5.52. The predicted molar refractivity (Wildman–Crippen MR) is 84.3 cm³/mol. The largest absolute Gasteiger partial charge is 0.310 e. The maximum absolute atomic E-state index is 12.3. The number of thioether (sulfide) groups is 1. The van der Waals surface area contributed by atoms with Crippen molar-refractivity contribution in [1.82, 2.24) is 9.78 Å². The number of amides is 1. The Hall–Kier alpha value is -1.82. The highest BCUT2D eigenvalue weighted by Crippen LogP contribution is 2.32. The molecule has 1 aliphatic heterocycles. The zero-order valence-corrected chi connectivity index (χ0v) is 12.9. The molecule has 0 aliphatic carbocycles. The maximum Gasteiger partial charge on any atom is 0.227 e. The minimum atomic E-state index is 0.106. The summed E-state index contributed by atoms with van der Waals surface area (Å²) in [6.07, 6.45) is 2.32. The molecule has 1 aromatic carbocycles. The first-order chi connectivity index (χ1) is 10.1. The van der Waals surface area contributed by atoms with Gasteiger partial charge in [0.1, 0.15) is 0 Å². The lowest BCUT2D eigenvalue weighted by Crippen LogP contribution is -2.25. The van der Waals surface area contributed by atoms with Gasteiger partial charge in [0.25, 0.3) is 0 Å². The fourth-order valence-corrected chi connectivity index (χ4v) is 3.48. The van der Waals surface area contributed by atoms with Crippen LogP contribution in [-0.2, 0) is 16.6 Å². The number of carbonyl (C=O) groups excluding carboxylic acids is 2. The molecule has 0 spiro atoms. The van der Waals surface area contributed by atoms with Gasteiger partial charge in [-0.05, 0) is 12.0 Å². The van der Waals surface area contributed by atoms with E-state index < -0.39 is 0 Å². The van der Waals surface area contributed by atoms with Crippen molar-refractivity contribution in [2.45, 2.75) is 13.3 Å². The average Bonchev–Trinajstić information content (AvgIpc) is 3.00. The van der Waals surface area contributed by atoms with Gasteiger partial charge in [-0.15, -0.1) is 0 Å². The Labute approximate surface area is 127 Å². The number of hydrogen-bond donors (Lipinski definition) is 0. The SMILES string of the molecule is CC(=O)SCC1CC(=O)N(c2cccc3cnn(C)c23)C1. The molecule has 3 rings (SSSR count). The molecule has 1 amide bonds. The molecule has 21 heavy (non-hydrogen) atoms. The molecule has 0 N–H and O–H groups in total. The Morgan fingerprint density at radius 3 is 3.05 bits per heavy atom. The topological polar surface area (TPSA) is 55.2 Å². The van der Waals surface area contributed by atoms with E-state index in [0.717, 1.165) is 16.6 Å². The van der Waals surface area contributed by atoms with Gasteiger partial charge in [-0.25, -0.2) is 0 Å². The molecule has 1 unspecified atom stereocenters. The quantitative estimate of drug-likeness (QED) is 0.872. The number of benzene rings is 1. The van der Waals surface area contributed by atoms with E-state index in [2.05, 4.69) is 5.10 Å². The highest BCUT2D eigenvalue weighted by molar-refractivity contribution is 8.13. The monoisotopic (exact) mass is 303 g/mol. The van der Waals surface area contributed by atoms with Gasteiger partial charge < -0.3 is 4.90 Å². The molecule has 1 aliphatic rings. The van der Waals surface area contributed by atoms with Gasteiger partial charge in [-0.2, -0.15) is 5.10 Å². The number of carbonyl (C=O) groups is 2. The third kappa shape index (κ3) is 2.68. The average molecular weight is 303 g/mol. The summed E-state index contributed by atoms with van der Waals surface area (Å²) in [5.74, 6) is 1.06. The molecule has 2 heterocycles. The molecule has 0 radical (unpaired) electrons. The van der Waals surface area contributed by atoms with E-state index >= 15 is 0 Å². The van der Waals surface area contributed by atoms with Crippen molar-refractivity contribution in [3.05, 3.63) is 24.4 Å². The molecular weight excluding hydrogens is 286 g/mol. The van der Waals surface area contributed by atoms with E-state index in [9.17, 15) is 9.59 Å². The van der Waals surface area contributed by atoms with Crippen LogP contribution in [0.4, 0.5) is 5.69 Å². The molecule has 0 bridgehead atoms. The number of aryl methyl sites for hydroxylation is 1. The van der Waals surface area contributed by atoms with Crippen LogP contribution < -0.4 is 4.90 Å². The van der Waals surface area contributed by atoms with Crippen LogP contribution in [0.15, 0.2) is 24.4 Å².